The van der Waals surface area contributed by atoms with E-state index in [1.807, 2.05) is 50.8 Å². The molecule has 0 aliphatic heterocycles. The second-order valence-electron chi connectivity index (χ2n) is 4.58. The molecule has 0 spiro atoms. The second-order valence-corrected chi connectivity index (χ2v) is 5.52. The minimum atomic E-state index is 0.102. The summed E-state index contributed by atoms with van der Waals surface area (Å²) in [6.45, 7) is 5.94. The molecule has 2 aromatic rings. The monoisotopic (exact) mass is 275 g/mol. The van der Waals surface area contributed by atoms with E-state index in [1.165, 1.54) is 11.8 Å². The summed E-state index contributed by atoms with van der Waals surface area (Å²) in [4.78, 5) is 20.8. The van der Waals surface area contributed by atoms with E-state index in [1.54, 1.807) is 0 Å². The highest BCUT2D eigenvalue weighted by atomic mass is 32.2. The number of hydrogen-bond acceptors (Lipinski definition) is 4. The van der Waals surface area contributed by atoms with Crippen LogP contribution in [0.1, 0.15) is 27.3 Å². The number of carbonyl (C=O) groups is 1. The van der Waals surface area contributed by atoms with Gasteiger partial charge in [0.25, 0.3) is 0 Å². The van der Waals surface area contributed by atoms with Gasteiger partial charge in [0.05, 0.1) is 5.75 Å². The molecule has 0 aromatic carbocycles. The van der Waals surface area contributed by atoms with Gasteiger partial charge in [0.15, 0.2) is 10.9 Å². The number of carbonyl (C=O) groups excluding carboxylic acids is 1. The maximum Gasteiger partial charge on any atom is 0.188 e. The number of rotatable bonds is 4. The summed E-state index contributed by atoms with van der Waals surface area (Å²) in [5.41, 5.74) is 3.79. The Morgan fingerprint density at radius 1 is 1.26 bits per heavy atom. The van der Waals surface area contributed by atoms with Crippen molar-refractivity contribution in [1.29, 1.82) is 0 Å². The highest BCUT2D eigenvalue weighted by Gasteiger charge is 2.10. The molecule has 0 N–H and O–H groups in total. The lowest BCUT2D eigenvalue weighted by molar-refractivity contribution is 0.102. The molecular weight excluding hydrogens is 258 g/mol. The molecule has 0 unspecified atom stereocenters. The Bertz CT molecular complexity index is 596. The zero-order valence-corrected chi connectivity index (χ0v) is 12.4. The topological polar surface area (TPSA) is 47.8 Å². The summed E-state index contributed by atoms with van der Waals surface area (Å²) >= 11 is 1.39. The molecule has 5 heteroatoms. The molecule has 0 saturated heterocycles. The predicted molar refractivity (Wildman–Crippen MR) is 76.7 cm³/mol. The standard InChI is InChI=1S/C14H17N3OS/c1-9-10(2)15-14(16-11(9)3)19-8-13(18)12-5-6-17(4)7-12/h5-7H,8H2,1-4H3. The number of hydrogen-bond donors (Lipinski definition) is 0. The zero-order chi connectivity index (χ0) is 14.0. The highest BCUT2D eigenvalue weighted by Crippen LogP contribution is 2.18. The van der Waals surface area contributed by atoms with Crippen LogP contribution in [0.4, 0.5) is 0 Å². The van der Waals surface area contributed by atoms with Gasteiger partial charge in [-0.1, -0.05) is 11.8 Å². The number of thioether (sulfide) groups is 1. The number of ketones is 1. The minimum absolute atomic E-state index is 0.102. The first kappa shape index (κ1) is 13.8. The van der Waals surface area contributed by atoms with Crippen molar-refractivity contribution in [1.82, 2.24) is 14.5 Å². The van der Waals surface area contributed by atoms with Crippen molar-refractivity contribution in [2.75, 3.05) is 5.75 Å². The molecule has 2 rings (SSSR count). The van der Waals surface area contributed by atoms with Gasteiger partial charge < -0.3 is 4.57 Å². The third kappa shape index (κ3) is 3.23. The molecule has 0 saturated carbocycles. The first-order chi connectivity index (χ1) is 8.97. The summed E-state index contributed by atoms with van der Waals surface area (Å²) < 4.78 is 1.87. The van der Waals surface area contributed by atoms with Gasteiger partial charge in [-0.25, -0.2) is 9.97 Å². The van der Waals surface area contributed by atoms with Gasteiger partial charge in [0, 0.05) is 36.4 Å². The normalized spacial score (nSPS) is 10.7. The van der Waals surface area contributed by atoms with Crippen molar-refractivity contribution in [2.24, 2.45) is 7.05 Å². The minimum Gasteiger partial charge on any atom is -0.357 e. The van der Waals surface area contributed by atoms with Gasteiger partial charge in [-0.05, 0) is 32.4 Å². The molecule has 0 aliphatic rings. The highest BCUT2D eigenvalue weighted by molar-refractivity contribution is 7.99. The van der Waals surface area contributed by atoms with Crippen LogP contribution in [0.2, 0.25) is 0 Å². The zero-order valence-electron chi connectivity index (χ0n) is 11.6. The van der Waals surface area contributed by atoms with Crippen LogP contribution in [0, 0.1) is 20.8 Å². The maximum atomic E-state index is 12.0. The van der Waals surface area contributed by atoms with E-state index < -0.39 is 0 Å². The number of aryl methyl sites for hydroxylation is 3. The van der Waals surface area contributed by atoms with Crippen LogP contribution in [0.25, 0.3) is 0 Å². The molecule has 0 atom stereocenters. The quantitative estimate of drug-likeness (QED) is 0.489. The molecule has 4 nitrogen and oxygen atoms in total. The van der Waals surface area contributed by atoms with Crippen LogP contribution in [0.3, 0.4) is 0 Å². The van der Waals surface area contributed by atoms with Gasteiger partial charge in [0.1, 0.15) is 0 Å². The molecule has 0 aliphatic carbocycles. The number of Topliss-reactive ketones (excluding diaryl/α,β-unsaturated/α-hetero) is 1. The van der Waals surface area contributed by atoms with Crippen LogP contribution >= 0.6 is 11.8 Å². The van der Waals surface area contributed by atoms with Crippen molar-refractivity contribution in [2.45, 2.75) is 25.9 Å². The fourth-order valence-electron chi connectivity index (χ4n) is 1.69. The van der Waals surface area contributed by atoms with Gasteiger partial charge in [-0.2, -0.15) is 0 Å². The second kappa shape index (κ2) is 5.57. The molecule has 100 valence electrons. The predicted octanol–water partition coefficient (Wildman–Crippen LogP) is 2.72. The molecular formula is C14H17N3OS. The van der Waals surface area contributed by atoms with Crippen LogP contribution in [-0.4, -0.2) is 26.1 Å². The largest absolute Gasteiger partial charge is 0.357 e. The van der Waals surface area contributed by atoms with Crippen molar-refractivity contribution in [3.05, 3.63) is 41.0 Å². The van der Waals surface area contributed by atoms with Crippen LogP contribution in [0.5, 0.6) is 0 Å². The average Bonchev–Trinajstić information content (AvgIpc) is 2.79. The molecule has 2 heterocycles. The lowest BCUT2D eigenvalue weighted by atomic mass is 10.2. The summed E-state index contributed by atoms with van der Waals surface area (Å²) in [5, 5.41) is 0.671. The Morgan fingerprint density at radius 3 is 2.42 bits per heavy atom. The lowest BCUT2D eigenvalue weighted by Crippen LogP contribution is -2.04. The third-order valence-corrected chi connectivity index (χ3v) is 3.95. The average molecular weight is 275 g/mol. The van der Waals surface area contributed by atoms with Gasteiger partial charge in [0.2, 0.25) is 0 Å². The van der Waals surface area contributed by atoms with Crippen molar-refractivity contribution in [3.8, 4) is 0 Å². The van der Waals surface area contributed by atoms with E-state index in [9.17, 15) is 4.79 Å². The van der Waals surface area contributed by atoms with Crippen LogP contribution in [0.15, 0.2) is 23.6 Å². The summed E-state index contributed by atoms with van der Waals surface area (Å²) in [6.07, 6.45) is 3.70. The van der Waals surface area contributed by atoms with Gasteiger partial charge in [-0.15, -0.1) is 0 Å². The van der Waals surface area contributed by atoms with E-state index in [-0.39, 0.29) is 5.78 Å². The van der Waals surface area contributed by atoms with E-state index >= 15 is 0 Å². The van der Waals surface area contributed by atoms with E-state index in [0.717, 1.165) is 22.5 Å². The summed E-state index contributed by atoms with van der Waals surface area (Å²) in [5.74, 6) is 0.469. The Balaban J connectivity index is 2.05. The Labute approximate surface area is 117 Å². The summed E-state index contributed by atoms with van der Waals surface area (Å²) in [7, 11) is 1.90. The van der Waals surface area contributed by atoms with E-state index in [0.29, 0.717) is 10.9 Å². The number of aromatic nitrogens is 3. The van der Waals surface area contributed by atoms with E-state index in [2.05, 4.69) is 9.97 Å². The Morgan fingerprint density at radius 2 is 1.89 bits per heavy atom. The third-order valence-electron chi connectivity index (χ3n) is 3.10. The lowest BCUT2D eigenvalue weighted by Gasteiger charge is -2.06. The Hall–Kier alpha value is -1.62. The maximum absolute atomic E-state index is 12.0. The fourth-order valence-corrected chi connectivity index (χ4v) is 2.52. The van der Waals surface area contributed by atoms with Crippen LogP contribution < -0.4 is 0 Å². The number of nitrogens with zero attached hydrogens (tertiary/aromatic N) is 3. The molecule has 19 heavy (non-hydrogen) atoms. The summed E-state index contributed by atoms with van der Waals surface area (Å²) in [6, 6.07) is 1.83. The van der Waals surface area contributed by atoms with Gasteiger partial charge >= 0.3 is 0 Å². The van der Waals surface area contributed by atoms with Crippen molar-refractivity contribution in [3.63, 3.8) is 0 Å². The smallest absolute Gasteiger partial charge is 0.188 e. The van der Waals surface area contributed by atoms with Gasteiger partial charge in [-0.3, -0.25) is 4.79 Å². The SMILES string of the molecule is Cc1nc(SCC(=O)c2ccn(C)c2)nc(C)c1C. The first-order valence-corrected chi connectivity index (χ1v) is 7.05. The van der Waals surface area contributed by atoms with Crippen molar-refractivity contribution >= 4 is 17.5 Å². The van der Waals surface area contributed by atoms with Crippen LogP contribution in [-0.2, 0) is 7.05 Å². The Kier molecular flexibility index (Phi) is 4.04. The molecule has 2 aromatic heterocycles. The molecule has 0 amide bonds. The molecule has 0 radical (unpaired) electrons. The van der Waals surface area contributed by atoms with Crippen molar-refractivity contribution < 1.29 is 4.79 Å². The first-order valence-electron chi connectivity index (χ1n) is 6.07. The molecule has 0 fully saturated rings. The fraction of sp³-hybridized carbons (Fsp3) is 0.357. The van der Waals surface area contributed by atoms with E-state index in [4.69, 9.17) is 0 Å². The molecule has 0 bridgehead atoms.